The van der Waals surface area contributed by atoms with Crippen LogP contribution in [0.25, 0.3) is 16.9 Å². The van der Waals surface area contributed by atoms with E-state index in [1.807, 2.05) is 19.1 Å². The van der Waals surface area contributed by atoms with Gasteiger partial charge in [-0.15, -0.1) is 0 Å². The lowest BCUT2D eigenvalue weighted by Crippen LogP contribution is -2.15. The number of methoxy groups -OCH3 is 2. The molecular formula is C29H26N2O7. The Morgan fingerprint density at radius 1 is 0.816 bits per heavy atom. The number of nitrogens with zero attached hydrogens (tertiary/aromatic N) is 2. The molecule has 3 aromatic carbocycles. The van der Waals surface area contributed by atoms with Crippen molar-refractivity contribution >= 4 is 17.9 Å². The number of ether oxygens (including phenoxy) is 4. The van der Waals surface area contributed by atoms with E-state index in [-0.39, 0.29) is 35.1 Å². The van der Waals surface area contributed by atoms with E-state index in [9.17, 15) is 14.4 Å². The maximum absolute atomic E-state index is 12.9. The standard InChI is InChI=1S/C29H26N2O7/c1-5-37-23-17-19(14-15-22(23)38-27(32)20-11-9-10-18(2)16-20)25-24(28(33)35-3)26(29(34)36-4)31(30-25)21-12-7-6-8-13-21/h6-17H,5H2,1-4H3. The Morgan fingerprint density at radius 3 is 2.21 bits per heavy atom. The summed E-state index contributed by atoms with van der Waals surface area (Å²) >= 11 is 0. The first kappa shape index (κ1) is 26.2. The van der Waals surface area contributed by atoms with Gasteiger partial charge < -0.3 is 18.9 Å². The van der Waals surface area contributed by atoms with Gasteiger partial charge in [-0.3, -0.25) is 0 Å². The van der Waals surface area contributed by atoms with Gasteiger partial charge in [-0.25, -0.2) is 19.1 Å². The topological polar surface area (TPSA) is 106 Å². The molecule has 194 valence electrons. The van der Waals surface area contributed by atoms with Gasteiger partial charge in [0.2, 0.25) is 0 Å². The van der Waals surface area contributed by atoms with Crippen LogP contribution in [0, 0.1) is 6.92 Å². The molecule has 0 aliphatic carbocycles. The lowest BCUT2D eigenvalue weighted by atomic mass is 10.0. The van der Waals surface area contributed by atoms with E-state index in [2.05, 4.69) is 5.10 Å². The van der Waals surface area contributed by atoms with Gasteiger partial charge in [-0.05, 0) is 56.3 Å². The molecule has 9 heteroatoms. The van der Waals surface area contributed by atoms with Crippen LogP contribution in [-0.2, 0) is 9.47 Å². The first-order valence-corrected chi connectivity index (χ1v) is 11.8. The summed E-state index contributed by atoms with van der Waals surface area (Å²) in [5.41, 5.74) is 2.30. The van der Waals surface area contributed by atoms with Gasteiger partial charge in [0.25, 0.3) is 0 Å². The van der Waals surface area contributed by atoms with Gasteiger partial charge in [0.15, 0.2) is 17.2 Å². The zero-order valence-corrected chi connectivity index (χ0v) is 21.4. The molecule has 0 amide bonds. The van der Waals surface area contributed by atoms with Crippen molar-refractivity contribution in [2.24, 2.45) is 0 Å². The Bertz CT molecular complexity index is 1490. The molecule has 4 aromatic rings. The Balaban J connectivity index is 1.84. The van der Waals surface area contributed by atoms with Crippen LogP contribution in [0.2, 0.25) is 0 Å². The molecule has 0 atom stereocenters. The second kappa shape index (κ2) is 11.4. The van der Waals surface area contributed by atoms with E-state index in [1.54, 1.807) is 67.6 Å². The number of aromatic nitrogens is 2. The molecule has 0 N–H and O–H groups in total. The number of carbonyl (C=O) groups excluding carboxylic acids is 3. The van der Waals surface area contributed by atoms with Crippen LogP contribution in [0.15, 0.2) is 72.8 Å². The number of esters is 3. The third-order valence-corrected chi connectivity index (χ3v) is 5.63. The summed E-state index contributed by atoms with van der Waals surface area (Å²) in [6, 6.07) is 20.7. The van der Waals surface area contributed by atoms with Gasteiger partial charge in [0.1, 0.15) is 11.3 Å². The van der Waals surface area contributed by atoms with Crippen LogP contribution in [-0.4, -0.2) is 48.5 Å². The van der Waals surface area contributed by atoms with Crippen molar-refractivity contribution in [3.8, 4) is 28.4 Å². The number of para-hydroxylation sites is 1. The minimum Gasteiger partial charge on any atom is -0.490 e. The summed E-state index contributed by atoms with van der Waals surface area (Å²) in [6.45, 7) is 3.96. The fourth-order valence-electron chi connectivity index (χ4n) is 3.90. The minimum atomic E-state index is -0.768. The SMILES string of the molecule is CCOc1cc(-c2nn(-c3ccccc3)c(C(=O)OC)c2C(=O)OC)ccc1OC(=O)c1cccc(C)c1. The number of benzene rings is 3. The predicted octanol–water partition coefficient (Wildman–Crippen LogP) is 5.04. The molecule has 0 aliphatic rings. The van der Waals surface area contributed by atoms with Gasteiger partial charge in [-0.2, -0.15) is 5.10 Å². The highest BCUT2D eigenvalue weighted by atomic mass is 16.6. The second-order valence-electron chi connectivity index (χ2n) is 8.16. The maximum atomic E-state index is 12.9. The molecule has 9 nitrogen and oxygen atoms in total. The summed E-state index contributed by atoms with van der Waals surface area (Å²) in [5.74, 6) is -1.62. The Labute approximate surface area is 219 Å². The van der Waals surface area contributed by atoms with Crippen LogP contribution in [0.5, 0.6) is 11.5 Å². The van der Waals surface area contributed by atoms with Crippen molar-refractivity contribution in [3.63, 3.8) is 0 Å². The normalized spacial score (nSPS) is 10.5. The molecule has 0 aliphatic heterocycles. The first-order chi connectivity index (χ1) is 18.4. The van der Waals surface area contributed by atoms with Crippen molar-refractivity contribution in [1.82, 2.24) is 9.78 Å². The second-order valence-corrected chi connectivity index (χ2v) is 8.16. The summed E-state index contributed by atoms with van der Waals surface area (Å²) in [7, 11) is 2.43. The fraction of sp³-hybridized carbons (Fsp3) is 0.172. The van der Waals surface area contributed by atoms with Gasteiger partial charge >= 0.3 is 17.9 Å². The smallest absolute Gasteiger partial charge is 0.357 e. The molecule has 0 radical (unpaired) electrons. The molecular weight excluding hydrogens is 488 g/mol. The number of hydrogen-bond donors (Lipinski definition) is 0. The van der Waals surface area contributed by atoms with Crippen molar-refractivity contribution in [1.29, 1.82) is 0 Å². The van der Waals surface area contributed by atoms with Crippen LogP contribution in [0.4, 0.5) is 0 Å². The average Bonchev–Trinajstić information content (AvgIpc) is 3.34. The van der Waals surface area contributed by atoms with Crippen molar-refractivity contribution in [2.75, 3.05) is 20.8 Å². The molecule has 4 rings (SSSR count). The largest absolute Gasteiger partial charge is 0.490 e. The Hall–Kier alpha value is -4.92. The maximum Gasteiger partial charge on any atom is 0.357 e. The zero-order chi connectivity index (χ0) is 27.2. The van der Waals surface area contributed by atoms with Crippen molar-refractivity contribution < 1.29 is 33.3 Å². The van der Waals surface area contributed by atoms with Gasteiger partial charge in [-0.1, -0.05) is 35.9 Å². The Kier molecular flexibility index (Phi) is 7.86. The van der Waals surface area contributed by atoms with Crippen molar-refractivity contribution in [3.05, 3.63) is 95.2 Å². The molecule has 0 fully saturated rings. The van der Waals surface area contributed by atoms with Crippen LogP contribution >= 0.6 is 0 Å². The molecule has 0 unspecified atom stereocenters. The van der Waals surface area contributed by atoms with Crippen molar-refractivity contribution in [2.45, 2.75) is 13.8 Å². The average molecular weight is 515 g/mol. The van der Waals surface area contributed by atoms with Gasteiger partial charge in [0, 0.05) is 5.56 Å². The monoisotopic (exact) mass is 514 g/mol. The number of aryl methyl sites for hydroxylation is 1. The van der Waals surface area contributed by atoms with E-state index in [4.69, 9.17) is 18.9 Å². The highest BCUT2D eigenvalue weighted by molar-refractivity contribution is 6.07. The lowest BCUT2D eigenvalue weighted by Gasteiger charge is -2.12. The summed E-state index contributed by atoms with van der Waals surface area (Å²) < 4.78 is 22.7. The summed E-state index contributed by atoms with van der Waals surface area (Å²) in [4.78, 5) is 38.5. The van der Waals surface area contributed by atoms with E-state index in [0.717, 1.165) is 5.56 Å². The highest BCUT2D eigenvalue weighted by Crippen LogP contribution is 2.36. The molecule has 1 heterocycles. The molecule has 0 saturated heterocycles. The lowest BCUT2D eigenvalue weighted by molar-refractivity contribution is 0.0549. The molecule has 1 aromatic heterocycles. The van der Waals surface area contributed by atoms with Gasteiger partial charge in [0.05, 0.1) is 32.1 Å². The Morgan fingerprint density at radius 2 is 1.55 bits per heavy atom. The fourth-order valence-corrected chi connectivity index (χ4v) is 3.90. The minimum absolute atomic E-state index is 0.0739. The molecule has 0 spiro atoms. The molecule has 38 heavy (non-hydrogen) atoms. The number of carbonyl (C=O) groups is 3. The summed E-state index contributed by atoms with van der Waals surface area (Å²) in [5, 5.41) is 4.59. The quantitative estimate of drug-likeness (QED) is 0.238. The van der Waals surface area contributed by atoms with Crippen LogP contribution < -0.4 is 9.47 Å². The molecule has 0 bridgehead atoms. The predicted molar refractivity (Wildman–Crippen MR) is 139 cm³/mol. The number of rotatable bonds is 8. The van der Waals surface area contributed by atoms with E-state index in [0.29, 0.717) is 16.8 Å². The van der Waals surface area contributed by atoms with E-state index >= 15 is 0 Å². The number of hydrogen-bond acceptors (Lipinski definition) is 8. The van der Waals surface area contributed by atoms with E-state index in [1.165, 1.54) is 18.9 Å². The third kappa shape index (κ3) is 5.27. The highest BCUT2D eigenvalue weighted by Gasteiger charge is 2.31. The summed E-state index contributed by atoms with van der Waals surface area (Å²) in [6.07, 6.45) is 0. The van der Waals surface area contributed by atoms with E-state index < -0.39 is 17.9 Å². The first-order valence-electron chi connectivity index (χ1n) is 11.8. The molecule has 0 saturated carbocycles. The van der Waals surface area contributed by atoms with Crippen LogP contribution in [0.3, 0.4) is 0 Å². The third-order valence-electron chi connectivity index (χ3n) is 5.63. The van der Waals surface area contributed by atoms with Crippen LogP contribution in [0.1, 0.15) is 43.7 Å². The zero-order valence-electron chi connectivity index (χ0n) is 21.4.